The first kappa shape index (κ1) is 18.2. The van der Waals surface area contributed by atoms with Crippen molar-refractivity contribution in [2.45, 2.75) is 6.18 Å². The molecule has 3 N–H and O–H groups in total. The van der Waals surface area contributed by atoms with Crippen LogP contribution in [0.15, 0.2) is 35.3 Å². The summed E-state index contributed by atoms with van der Waals surface area (Å²) in [4.78, 5) is 31.9. The van der Waals surface area contributed by atoms with Crippen LogP contribution in [0.3, 0.4) is 0 Å². The number of ether oxygens (including phenoxy) is 1. The molecule has 140 valence electrons. The number of aromatic nitrogens is 3. The van der Waals surface area contributed by atoms with Crippen LogP contribution in [0.5, 0.6) is 5.88 Å². The van der Waals surface area contributed by atoms with Crippen molar-refractivity contribution in [3.8, 4) is 11.6 Å². The number of nitrogen functional groups attached to an aromatic ring is 1. The fraction of sp³-hybridized carbons (Fsp3) is 0.125. The van der Waals surface area contributed by atoms with Gasteiger partial charge in [-0.25, -0.2) is 14.8 Å². The van der Waals surface area contributed by atoms with Crippen LogP contribution in [0, 0.1) is 0 Å². The third-order valence-electron chi connectivity index (χ3n) is 3.73. The first-order chi connectivity index (χ1) is 12.6. The molecule has 0 atom stereocenters. The zero-order valence-corrected chi connectivity index (χ0v) is 13.6. The van der Waals surface area contributed by atoms with Crippen LogP contribution in [-0.4, -0.2) is 32.7 Å². The molecule has 27 heavy (non-hydrogen) atoms. The second kappa shape index (κ2) is 6.27. The van der Waals surface area contributed by atoms with Crippen LogP contribution in [0.2, 0.25) is 0 Å². The molecule has 0 bridgehead atoms. The maximum absolute atomic E-state index is 13.1. The van der Waals surface area contributed by atoms with E-state index in [0.29, 0.717) is 6.07 Å². The third kappa shape index (κ3) is 3.03. The molecular weight excluding hydrogens is 369 g/mol. The zero-order valence-electron chi connectivity index (χ0n) is 13.6. The van der Waals surface area contributed by atoms with Gasteiger partial charge >= 0.3 is 12.1 Å². The lowest BCUT2D eigenvalue weighted by Gasteiger charge is -2.15. The molecule has 0 aromatic carbocycles. The highest BCUT2D eigenvalue weighted by Gasteiger charge is 2.33. The summed E-state index contributed by atoms with van der Waals surface area (Å²) in [5.41, 5.74) is 2.19. The monoisotopic (exact) mass is 380 g/mol. The van der Waals surface area contributed by atoms with Gasteiger partial charge in [0.2, 0.25) is 5.88 Å². The molecule has 3 aromatic heterocycles. The number of nitrogens with two attached hydrogens (primary N) is 1. The summed E-state index contributed by atoms with van der Waals surface area (Å²) < 4.78 is 44.5. The lowest BCUT2D eigenvalue weighted by Crippen LogP contribution is -2.29. The van der Waals surface area contributed by atoms with Crippen molar-refractivity contribution in [2.75, 3.05) is 12.8 Å². The van der Waals surface area contributed by atoms with Crippen molar-refractivity contribution in [2.24, 2.45) is 0 Å². The van der Waals surface area contributed by atoms with E-state index in [0.717, 1.165) is 30.0 Å². The molecule has 3 aromatic rings. The summed E-state index contributed by atoms with van der Waals surface area (Å²) in [5.74, 6) is -1.43. The Bertz CT molecular complexity index is 1110. The van der Waals surface area contributed by atoms with Crippen LogP contribution < -0.4 is 11.3 Å². The summed E-state index contributed by atoms with van der Waals surface area (Å²) in [5, 5.41) is 9.25. The van der Waals surface area contributed by atoms with E-state index in [1.165, 1.54) is 6.07 Å². The Kier molecular flexibility index (Phi) is 4.22. The van der Waals surface area contributed by atoms with E-state index < -0.39 is 34.6 Å². The molecule has 0 radical (unpaired) electrons. The molecule has 0 aliphatic rings. The fourth-order valence-electron chi connectivity index (χ4n) is 2.49. The smallest absolute Gasteiger partial charge is 0.433 e. The van der Waals surface area contributed by atoms with Gasteiger partial charge in [0.1, 0.15) is 16.9 Å². The van der Waals surface area contributed by atoms with Gasteiger partial charge in [0.25, 0.3) is 5.56 Å². The largest absolute Gasteiger partial charge is 0.493 e. The van der Waals surface area contributed by atoms with Gasteiger partial charge in [0.05, 0.1) is 24.7 Å². The third-order valence-corrected chi connectivity index (χ3v) is 3.73. The van der Waals surface area contributed by atoms with Crippen molar-refractivity contribution >= 4 is 22.7 Å². The number of carbonyl (C=O) groups is 1. The number of esters is 1. The minimum absolute atomic E-state index is 0.0280. The summed E-state index contributed by atoms with van der Waals surface area (Å²) in [6, 6.07) is 4.04. The quantitative estimate of drug-likeness (QED) is 0.651. The van der Waals surface area contributed by atoms with E-state index in [1.807, 2.05) is 0 Å². The average Bonchev–Trinajstić information content (AvgIpc) is 2.62. The molecule has 0 fully saturated rings. The average molecular weight is 380 g/mol. The Morgan fingerprint density at radius 2 is 1.96 bits per heavy atom. The Labute approximate surface area is 148 Å². The molecule has 0 spiro atoms. The fourth-order valence-corrected chi connectivity index (χ4v) is 2.49. The number of hydrogen-bond donors (Lipinski definition) is 2. The van der Waals surface area contributed by atoms with Crippen molar-refractivity contribution in [3.63, 3.8) is 0 Å². The van der Waals surface area contributed by atoms with Gasteiger partial charge in [0, 0.05) is 11.5 Å². The van der Waals surface area contributed by atoms with E-state index in [1.54, 1.807) is 0 Å². The van der Waals surface area contributed by atoms with Gasteiger partial charge in [-0.3, -0.25) is 9.36 Å². The minimum atomic E-state index is -4.77. The SMILES string of the molecule is COC(=O)c1c(N)c2ccc(C(F)(F)F)nc2n(-c2ccc(O)nc2)c1=O. The number of nitrogens with zero attached hydrogens (tertiary/aromatic N) is 3. The van der Waals surface area contributed by atoms with Gasteiger partial charge in [-0.2, -0.15) is 13.2 Å². The maximum atomic E-state index is 13.1. The molecule has 0 unspecified atom stereocenters. The molecule has 8 nitrogen and oxygen atoms in total. The Morgan fingerprint density at radius 1 is 1.26 bits per heavy atom. The highest BCUT2D eigenvalue weighted by Crippen LogP contribution is 2.31. The van der Waals surface area contributed by atoms with Gasteiger partial charge in [-0.15, -0.1) is 0 Å². The number of carbonyl (C=O) groups excluding carboxylic acids is 1. The first-order valence-corrected chi connectivity index (χ1v) is 7.31. The molecular formula is C16H11F3N4O4. The van der Waals surface area contributed by atoms with Crippen LogP contribution in [0.4, 0.5) is 18.9 Å². The summed E-state index contributed by atoms with van der Waals surface area (Å²) in [6.07, 6.45) is -3.73. The molecule has 3 rings (SSSR count). The lowest BCUT2D eigenvalue weighted by molar-refractivity contribution is -0.141. The van der Waals surface area contributed by atoms with Gasteiger partial charge < -0.3 is 15.6 Å². The highest BCUT2D eigenvalue weighted by molar-refractivity contribution is 6.03. The molecule has 0 aliphatic heterocycles. The predicted octanol–water partition coefficient (Wildman–Crippen LogP) is 1.87. The van der Waals surface area contributed by atoms with Gasteiger partial charge in [-0.1, -0.05) is 0 Å². The highest BCUT2D eigenvalue weighted by atomic mass is 19.4. The van der Waals surface area contributed by atoms with Crippen molar-refractivity contribution in [3.05, 3.63) is 52.1 Å². The van der Waals surface area contributed by atoms with Gasteiger partial charge in [-0.05, 0) is 18.2 Å². The van der Waals surface area contributed by atoms with E-state index >= 15 is 0 Å². The molecule has 3 heterocycles. The minimum Gasteiger partial charge on any atom is -0.493 e. The molecule has 0 amide bonds. The Hall–Kier alpha value is -3.63. The van der Waals surface area contributed by atoms with E-state index in [4.69, 9.17) is 5.73 Å². The summed E-state index contributed by atoms with van der Waals surface area (Å²) >= 11 is 0. The van der Waals surface area contributed by atoms with Crippen LogP contribution in [0.25, 0.3) is 16.7 Å². The van der Waals surface area contributed by atoms with E-state index in [2.05, 4.69) is 14.7 Å². The number of anilines is 1. The number of halogens is 3. The second-order valence-electron chi connectivity index (χ2n) is 5.36. The maximum Gasteiger partial charge on any atom is 0.433 e. The molecule has 0 aliphatic carbocycles. The van der Waals surface area contributed by atoms with Crippen LogP contribution in [0.1, 0.15) is 16.1 Å². The number of hydrogen-bond acceptors (Lipinski definition) is 7. The molecule has 0 saturated carbocycles. The normalized spacial score (nSPS) is 11.6. The van der Waals surface area contributed by atoms with Crippen LogP contribution >= 0.6 is 0 Å². The Balaban J connectivity index is 2.50. The van der Waals surface area contributed by atoms with E-state index in [9.17, 15) is 27.9 Å². The number of pyridine rings is 3. The number of aromatic hydroxyl groups is 1. The van der Waals surface area contributed by atoms with E-state index in [-0.39, 0.29) is 22.6 Å². The Morgan fingerprint density at radius 3 is 2.52 bits per heavy atom. The topological polar surface area (TPSA) is 120 Å². The standard InChI is InChI=1S/C16H11F3N4O4/c1-27-15(26)11-12(20)8-3-4-9(16(17,18)19)22-13(8)23(14(11)25)7-2-5-10(24)21-6-7/h2-6H,20H2,1H3,(H,21,24). The number of alkyl halides is 3. The zero-order chi connectivity index (χ0) is 19.9. The summed E-state index contributed by atoms with van der Waals surface area (Å²) in [6.45, 7) is 0. The van der Waals surface area contributed by atoms with Crippen molar-refractivity contribution in [1.29, 1.82) is 0 Å². The number of rotatable bonds is 2. The van der Waals surface area contributed by atoms with Crippen LogP contribution in [-0.2, 0) is 10.9 Å². The summed E-state index contributed by atoms with van der Waals surface area (Å²) in [7, 11) is 1.03. The second-order valence-corrected chi connectivity index (χ2v) is 5.36. The lowest BCUT2D eigenvalue weighted by atomic mass is 10.1. The number of fused-ring (bicyclic) bond motifs is 1. The van der Waals surface area contributed by atoms with Gasteiger partial charge in [0.15, 0.2) is 0 Å². The molecule has 11 heteroatoms. The van der Waals surface area contributed by atoms with Crippen molar-refractivity contribution < 1.29 is 27.8 Å². The molecule has 0 saturated heterocycles. The number of methoxy groups -OCH3 is 1. The predicted molar refractivity (Wildman–Crippen MR) is 87.6 cm³/mol. The first-order valence-electron chi connectivity index (χ1n) is 7.31. The van der Waals surface area contributed by atoms with Crippen molar-refractivity contribution in [1.82, 2.24) is 14.5 Å².